The van der Waals surface area contributed by atoms with Crippen molar-refractivity contribution in [1.82, 2.24) is 19.9 Å². The summed E-state index contributed by atoms with van der Waals surface area (Å²) in [6.45, 7) is 1.43. The van der Waals surface area contributed by atoms with E-state index < -0.39 is 0 Å². The van der Waals surface area contributed by atoms with Crippen LogP contribution >= 0.6 is 11.6 Å². The number of anilines is 1. The first-order chi connectivity index (χ1) is 12.1. The lowest BCUT2D eigenvalue weighted by Gasteiger charge is -2.07. The maximum absolute atomic E-state index is 12.1. The SMILES string of the molecule is CN=C(C=CN)Nc1ncc(Cl)c(-c2cc3n(c2)CCCNC3=O)n1. The summed E-state index contributed by atoms with van der Waals surface area (Å²) in [6.07, 6.45) is 7.23. The first-order valence-electron chi connectivity index (χ1n) is 7.75. The van der Waals surface area contributed by atoms with Crippen molar-refractivity contribution in [2.45, 2.75) is 13.0 Å². The molecule has 0 aliphatic carbocycles. The number of aromatic nitrogens is 3. The third-order valence-electron chi connectivity index (χ3n) is 3.74. The van der Waals surface area contributed by atoms with Gasteiger partial charge in [-0.2, -0.15) is 0 Å². The van der Waals surface area contributed by atoms with Crippen LogP contribution in [0, 0.1) is 0 Å². The summed E-state index contributed by atoms with van der Waals surface area (Å²) < 4.78 is 1.92. The van der Waals surface area contributed by atoms with Crippen LogP contribution < -0.4 is 16.4 Å². The van der Waals surface area contributed by atoms with Gasteiger partial charge in [-0.25, -0.2) is 9.97 Å². The number of aliphatic imine (C=N–C) groups is 1. The number of carbonyl (C=O) groups is 1. The molecule has 130 valence electrons. The fraction of sp³-hybridized carbons (Fsp3) is 0.250. The molecule has 0 saturated heterocycles. The van der Waals surface area contributed by atoms with E-state index in [4.69, 9.17) is 17.3 Å². The number of nitrogens with one attached hydrogen (secondary N) is 2. The molecule has 0 spiro atoms. The van der Waals surface area contributed by atoms with E-state index in [9.17, 15) is 4.79 Å². The first-order valence-corrected chi connectivity index (χ1v) is 8.13. The molecule has 3 rings (SSSR count). The van der Waals surface area contributed by atoms with E-state index in [1.54, 1.807) is 19.2 Å². The lowest BCUT2D eigenvalue weighted by molar-refractivity contribution is 0.0951. The van der Waals surface area contributed by atoms with Crippen molar-refractivity contribution >= 4 is 29.3 Å². The Morgan fingerprint density at radius 3 is 3.16 bits per heavy atom. The zero-order valence-electron chi connectivity index (χ0n) is 13.7. The predicted octanol–water partition coefficient (Wildman–Crippen LogP) is 1.64. The molecule has 0 aromatic carbocycles. The van der Waals surface area contributed by atoms with Gasteiger partial charge in [-0.15, -0.1) is 0 Å². The van der Waals surface area contributed by atoms with Crippen LogP contribution in [0.15, 0.2) is 35.7 Å². The second-order valence-electron chi connectivity index (χ2n) is 5.40. The van der Waals surface area contributed by atoms with Gasteiger partial charge in [0.15, 0.2) is 0 Å². The quantitative estimate of drug-likeness (QED) is 0.570. The van der Waals surface area contributed by atoms with Crippen LogP contribution in [0.3, 0.4) is 0 Å². The van der Waals surface area contributed by atoms with Gasteiger partial charge >= 0.3 is 0 Å². The molecule has 25 heavy (non-hydrogen) atoms. The van der Waals surface area contributed by atoms with Crippen LogP contribution in [0.1, 0.15) is 16.9 Å². The van der Waals surface area contributed by atoms with Crippen molar-refractivity contribution < 1.29 is 4.79 Å². The van der Waals surface area contributed by atoms with Gasteiger partial charge in [-0.05, 0) is 24.8 Å². The second-order valence-corrected chi connectivity index (χ2v) is 5.81. The lowest BCUT2D eigenvalue weighted by Crippen LogP contribution is -2.22. The number of hydrogen-bond acceptors (Lipinski definition) is 5. The van der Waals surface area contributed by atoms with E-state index in [1.807, 2.05) is 10.8 Å². The smallest absolute Gasteiger partial charge is 0.267 e. The molecule has 8 nitrogen and oxygen atoms in total. The Morgan fingerprint density at radius 1 is 1.56 bits per heavy atom. The average molecular weight is 360 g/mol. The van der Waals surface area contributed by atoms with Crippen LogP contribution in [0.25, 0.3) is 11.3 Å². The summed E-state index contributed by atoms with van der Waals surface area (Å²) in [5, 5.41) is 6.23. The van der Waals surface area contributed by atoms with Gasteiger partial charge in [0.1, 0.15) is 11.5 Å². The minimum Gasteiger partial charge on any atom is -0.404 e. The van der Waals surface area contributed by atoms with Crippen LogP contribution in [0.2, 0.25) is 5.02 Å². The number of aryl methyl sites for hydroxylation is 1. The molecule has 1 amide bonds. The number of halogens is 1. The van der Waals surface area contributed by atoms with Gasteiger partial charge in [-0.3, -0.25) is 9.79 Å². The third-order valence-corrected chi connectivity index (χ3v) is 4.02. The third kappa shape index (κ3) is 3.63. The molecule has 0 radical (unpaired) electrons. The average Bonchev–Trinajstić information content (AvgIpc) is 2.96. The fourth-order valence-corrected chi connectivity index (χ4v) is 2.77. The molecule has 2 aromatic rings. The Bertz CT molecular complexity index is 856. The Kier molecular flexibility index (Phi) is 4.99. The Hall–Kier alpha value is -2.87. The number of fused-ring (bicyclic) bond motifs is 1. The highest BCUT2D eigenvalue weighted by Crippen LogP contribution is 2.28. The number of amides is 1. The maximum atomic E-state index is 12.1. The minimum absolute atomic E-state index is 0.0965. The summed E-state index contributed by atoms with van der Waals surface area (Å²) >= 11 is 6.27. The van der Waals surface area contributed by atoms with E-state index >= 15 is 0 Å². The van der Waals surface area contributed by atoms with Crippen LogP contribution in [-0.4, -0.2) is 39.9 Å². The number of carbonyl (C=O) groups excluding carboxylic acids is 1. The van der Waals surface area contributed by atoms with Crippen LogP contribution in [0.4, 0.5) is 5.95 Å². The van der Waals surface area contributed by atoms with E-state index in [-0.39, 0.29) is 5.91 Å². The molecule has 4 N–H and O–H groups in total. The van der Waals surface area contributed by atoms with Crippen LogP contribution in [-0.2, 0) is 6.54 Å². The van der Waals surface area contributed by atoms with Gasteiger partial charge in [0.05, 0.1) is 16.9 Å². The molecule has 1 aliphatic heterocycles. The van der Waals surface area contributed by atoms with Gasteiger partial charge in [-0.1, -0.05) is 11.6 Å². The molecule has 0 unspecified atom stereocenters. The largest absolute Gasteiger partial charge is 0.404 e. The molecular formula is C16H18ClN7O. The zero-order chi connectivity index (χ0) is 17.8. The van der Waals surface area contributed by atoms with Crippen molar-refractivity contribution in [3.8, 4) is 11.3 Å². The lowest BCUT2D eigenvalue weighted by atomic mass is 10.2. The number of nitrogens with two attached hydrogens (primary N) is 1. The van der Waals surface area contributed by atoms with Crippen molar-refractivity contribution in [2.75, 3.05) is 18.9 Å². The zero-order valence-corrected chi connectivity index (χ0v) is 14.4. The summed E-state index contributed by atoms with van der Waals surface area (Å²) in [7, 11) is 1.63. The van der Waals surface area contributed by atoms with Crippen molar-refractivity contribution in [3.05, 3.63) is 41.5 Å². The summed E-state index contributed by atoms with van der Waals surface area (Å²) in [5.41, 5.74) is 7.28. The summed E-state index contributed by atoms with van der Waals surface area (Å²) in [5.74, 6) is 0.757. The van der Waals surface area contributed by atoms with E-state index in [0.717, 1.165) is 18.5 Å². The molecule has 1 aliphatic rings. The minimum atomic E-state index is -0.0965. The van der Waals surface area contributed by atoms with E-state index in [0.29, 0.717) is 34.7 Å². The van der Waals surface area contributed by atoms with Gasteiger partial charge in [0.25, 0.3) is 5.91 Å². The van der Waals surface area contributed by atoms with E-state index in [1.165, 1.54) is 12.4 Å². The molecule has 3 heterocycles. The monoisotopic (exact) mass is 359 g/mol. The molecular weight excluding hydrogens is 342 g/mol. The first kappa shape index (κ1) is 17.0. The van der Waals surface area contributed by atoms with Gasteiger partial charge in [0.2, 0.25) is 5.95 Å². The molecule has 2 aromatic heterocycles. The molecule has 0 atom stereocenters. The van der Waals surface area contributed by atoms with E-state index in [2.05, 4.69) is 25.6 Å². The molecule has 9 heteroatoms. The Morgan fingerprint density at radius 2 is 2.40 bits per heavy atom. The Balaban J connectivity index is 1.96. The highest BCUT2D eigenvalue weighted by Gasteiger charge is 2.19. The summed E-state index contributed by atoms with van der Waals surface area (Å²) in [6, 6.07) is 1.78. The van der Waals surface area contributed by atoms with Crippen LogP contribution in [0.5, 0.6) is 0 Å². The van der Waals surface area contributed by atoms with Gasteiger partial charge in [0, 0.05) is 31.9 Å². The van der Waals surface area contributed by atoms with Crippen molar-refractivity contribution in [1.29, 1.82) is 0 Å². The standard InChI is InChI=1S/C16H18ClN7O/c1-19-13(3-4-18)22-16-21-8-11(17)14(23-16)10-7-12-15(25)20-5-2-6-24(12)9-10/h3-4,7-9H,2,5-6,18H2,1H3,(H,20,25)(H,19,21,22,23). The summed E-state index contributed by atoms with van der Waals surface area (Å²) in [4.78, 5) is 24.8. The number of rotatable bonds is 3. The van der Waals surface area contributed by atoms with Crippen molar-refractivity contribution in [3.63, 3.8) is 0 Å². The second kappa shape index (κ2) is 7.35. The Labute approximate surface area is 149 Å². The van der Waals surface area contributed by atoms with Gasteiger partial charge < -0.3 is 20.9 Å². The normalized spacial score (nSPS) is 15.0. The molecule has 0 saturated carbocycles. The predicted molar refractivity (Wildman–Crippen MR) is 97.7 cm³/mol. The topological polar surface area (TPSA) is 110 Å². The van der Waals surface area contributed by atoms with Crippen molar-refractivity contribution in [2.24, 2.45) is 10.7 Å². The number of hydrogen-bond donors (Lipinski definition) is 3. The molecule has 0 fully saturated rings. The number of nitrogens with zero attached hydrogens (tertiary/aromatic N) is 4. The molecule has 0 bridgehead atoms. The maximum Gasteiger partial charge on any atom is 0.267 e. The number of amidine groups is 1. The highest BCUT2D eigenvalue weighted by molar-refractivity contribution is 6.33. The highest BCUT2D eigenvalue weighted by atomic mass is 35.5. The fourth-order valence-electron chi connectivity index (χ4n) is 2.56.